The first-order chi connectivity index (χ1) is 8.11. The van der Waals surface area contributed by atoms with Crippen molar-refractivity contribution in [3.05, 3.63) is 50.9 Å². The van der Waals surface area contributed by atoms with E-state index in [1.54, 1.807) is 12.1 Å². The van der Waals surface area contributed by atoms with Crippen molar-refractivity contribution in [2.45, 2.75) is 26.7 Å². The summed E-state index contributed by atoms with van der Waals surface area (Å²) in [5, 5.41) is 3.76. The number of aromatic amines is 1. The molecule has 4 heteroatoms. The molecule has 0 aliphatic carbocycles. The van der Waals surface area contributed by atoms with Crippen LogP contribution < -0.4 is 5.56 Å². The molecular weight excluding hydrogens is 236 g/mol. The van der Waals surface area contributed by atoms with Gasteiger partial charge in [-0.05, 0) is 31.0 Å². The van der Waals surface area contributed by atoms with E-state index in [2.05, 4.69) is 12.0 Å². The second-order valence-corrected chi connectivity index (χ2v) is 4.55. The average Bonchev–Trinajstić information content (AvgIpc) is 2.64. The highest BCUT2D eigenvalue weighted by Crippen LogP contribution is 2.18. The molecule has 1 aromatic heterocycles. The van der Waals surface area contributed by atoms with Crippen molar-refractivity contribution in [2.24, 2.45) is 0 Å². The number of aryl methyl sites for hydroxylation is 2. The monoisotopic (exact) mass is 250 g/mol. The second-order valence-electron chi connectivity index (χ2n) is 4.14. The van der Waals surface area contributed by atoms with Gasteiger partial charge in [-0.1, -0.05) is 31.0 Å². The summed E-state index contributed by atoms with van der Waals surface area (Å²) in [6.45, 7) is 4.02. The maximum absolute atomic E-state index is 11.8. The molecule has 0 aliphatic heterocycles. The van der Waals surface area contributed by atoms with Crippen molar-refractivity contribution in [2.75, 3.05) is 0 Å². The molecule has 0 saturated carbocycles. The molecule has 0 fully saturated rings. The Morgan fingerprint density at radius 3 is 2.76 bits per heavy atom. The van der Waals surface area contributed by atoms with Crippen LogP contribution in [-0.2, 0) is 6.42 Å². The van der Waals surface area contributed by atoms with Crippen LogP contribution in [0.2, 0.25) is 5.02 Å². The number of nitrogens with zero attached hydrogens (tertiary/aromatic N) is 1. The summed E-state index contributed by atoms with van der Waals surface area (Å²) < 4.78 is 1.52. The molecule has 0 aliphatic rings. The molecule has 0 spiro atoms. The predicted octanol–water partition coefficient (Wildman–Crippen LogP) is 3.08. The van der Waals surface area contributed by atoms with Crippen LogP contribution in [-0.4, -0.2) is 9.78 Å². The minimum absolute atomic E-state index is 0.0478. The van der Waals surface area contributed by atoms with E-state index in [-0.39, 0.29) is 5.56 Å². The summed E-state index contributed by atoms with van der Waals surface area (Å²) in [5.74, 6) is 0. The second kappa shape index (κ2) is 4.80. The molecule has 0 bridgehead atoms. The minimum atomic E-state index is -0.0478. The van der Waals surface area contributed by atoms with E-state index >= 15 is 0 Å². The summed E-state index contributed by atoms with van der Waals surface area (Å²) in [4.78, 5) is 11.8. The van der Waals surface area contributed by atoms with Crippen LogP contribution in [0, 0.1) is 6.92 Å². The van der Waals surface area contributed by atoms with Crippen molar-refractivity contribution >= 4 is 11.6 Å². The summed E-state index contributed by atoms with van der Waals surface area (Å²) in [6, 6.07) is 7.22. The average molecular weight is 251 g/mol. The standard InChI is InChI=1S/C13H15ClN2O/c1-3-4-10-7-13(17)16(15-10)11-6-5-9(2)12(14)8-11/h5-8,15H,3-4H2,1-2H3. The van der Waals surface area contributed by atoms with Crippen LogP contribution in [0.4, 0.5) is 0 Å². The van der Waals surface area contributed by atoms with E-state index in [0.29, 0.717) is 5.02 Å². The van der Waals surface area contributed by atoms with Gasteiger partial charge < -0.3 is 0 Å². The van der Waals surface area contributed by atoms with Crippen LogP contribution in [0.3, 0.4) is 0 Å². The molecule has 0 radical (unpaired) electrons. The summed E-state index contributed by atoms with van der Waals surface area (Å²) in [7, 11) is 0. The van der Waals surface area contributed by atoms with Gasteiger partial charge >= 0.3 is 0 Å². The molecule has 0 saturated heterocycles. The van der Waals surface area contributed by atoms with Gasteiger partial charge in [0.15, 0.2) is 0 Å². The zero-order chi connectivity index (χ0) is 12.4. The maximum Gasteiger partial charge on any atom is 0.271 e. The van der Waals surface area contributed by atoms with Gasteiger partial charge in [-0.2, -0.15) is 0 Å². The Hall–Kier alpha value is -1.48. The van der Waals surface area contributed by atoms with Crippen molar-refractivity contribution in [3.63, 3.8) is 0 Å². The molecule has 0 unspecified atom stereocenters. The normalized spacial score (nSPS) is 10.8. The zero-order valence-electron chi connectivity index (χ0n) is 9.96. The quantitative estimate of drug-likeness (QED) is 0.893. The molecule has 2 rings (SSSR count). The largest absolute Gasteiger partial charge is 0.295 e. The first-order valence-corrected chi connectivity index (χ1v) is 6.07. The lowest BCUT2D eigenvalue weighted by atomic mass is 10.2. The van der Waals surface area contributed by atoms with Crippen LogP contribution in [0.5, 0.6) is 0 Å². The molecule has 1 heterocycles. The van der Waals surface area contributed by atoms with Crippen LogP contribution in [0.25, 0.3) is 5.69 Å². The smallest absolute Gasteiger partial charge is 0.271 e. The number of nitrogens with one attached hydrogen (secondary N) is 1. The number of benzene rings is 1. The number of hydrogen-bond acceptors (Lipinski definition) is 1. The molecule has 1 N–H and O–H groups in total. The van der Waals surface area contributed by atoms with Gasteiger partial charge in [0.05, 0.1) is 5.69 Å². The molecule has 0 atom stereocenters. The van der Waals surface area contributed by atoms with Gasteiger partial charge in [-0.15, -0.1) is 0 Å². The molecule has 17 heavy (non-hydrogen) atoms. The highest BCUT2D eigenvalue weighted by atomic mass is 35.5. The van der Waals surface area contributed by atoms with E-state index in [0.717, 1.165) is 29.8 Å². The van der Waals surface area contributed by atoms with Gasteiger partial charge in [-0.3, -0.25) is 9.89 Å². The van der Waals surface area contributed by atoms with E-state index in [1.807, 2.05) is 19.1 Å². The van der Waals surface area contributed by atoms with E-state index in [4.69, 9.17) is 11.6 Å². The third-order valence-electron chi connectivity index (χ3n) is 2.71. The van der Waals surface area contributed by atoms with E-state index in [1.165, 1.54) is 4.68 Å². The van der Waals surface area contributed by atoms with Crippen molar-refractivity contribution in [1.29, 1.82) is 0 Å². The predicted molar refractivity (Wildman–Crippen MR) is 70.1 cm³/mol. The molecule has 0 amide bonds. The van der Waals surface area contributed by atoms with Gasteiger partial charge in [0.2, 0.25) is 0 Å². The molecular formula is C13H15ClN2O. The molecule has 90 valence electrons. The van der Waals surface area contributed by atoms with Gasteiger partial charge in [0, 0.05) is 16.8 Å². The van der Waals surface area contributed by atoms with Crippen LogP contribution in [0.15, 0.2) is 29.1 Å². The lowest BCUT2D eigenvalue weighted by Crippen LogP contribution is -2.13. The molecule has 2 aromatic rings. The third kappa shape index (κ3) is 2.44. The maximum atomic E-state index is 11.8. The fraction of sp³-hybridized carbons (Fsp3) is 0.308. The van der Waals surface area contributed by atoms with E-state index in [9.17, 15) is 4.79 Å². The highest BCUT2D eigenvalue weighted by molar-refractivity contribution is 6.31. The Bertz CT molecular complexity index is 583. The van der Waals surface area contributed by atoms with Gasteiger partial charge in [0.25, 0.3) is 5.56 Å². The number of hydrogen-bond donors (Lipinski definition) is 1. The summed E-state index contributed by atoms with van der Waals surface area (Å²) in [6.07, 6.45) is 1.89. The Kier molecular flexibility index (Phi) is 3.38. The lowest BCUT2D eigenvalue weighted by molar-refractivity contribution is 0.793. The Balaban J connectivity index is 2.45. The molecule has 1 aromatic carbocycles. The van der Waals surface area contributed by atoms with Gasteiger partial charge in [0.1, 0.15) is 0 Å². The Morgan fingerprint density at radius 2 is 2.12 bits per heavy atom. The number of H-pyrrole nitrogens is 1. The SMILES string of the molecule is CCCc1cc(=O)n(-c2ccc(C)c(Cl)c2)[nH]1. The number of rotatable bonds is 3. The lowest BCUT2D eigenvalue weighted by Gasteiger charge is -2.04. The number of halogens is 1. The first kappa shape index (κ1) is 12.0. The molecule has 3 nitrogen and oxygen atoms in total. The van der Waals surface area contributed by atoms with Gasteiger partial charge in [-0.25, -0.2) is 4.68 Å². The highest BCUT2D eigenvalue weighted by Gasteiger charge is 2.05. The Morgan fingerprint density at radius 1 is 1.35 bits per heavy atom. The number of aromatic nitrogens is 2. The fourth-order valence-electron chi connectivity index (χ4n) is 1.75. The fourth-order valence-corrected chi connectivity index (χ4v) is 1.93. The third-order valence-corrected chi connectivity index (χ3v) is 3.11. The van der Waals surface area contributed by atoms with Crippen LogP contribution >= 0.6 is 11.6 Å². The zero-order valence-corrected chi connectivity index (χ0v) is 10.7. The topological polar surface area (TPSA) is 37.8 Å². The van der Waals surface area contributed by atoms with Crippen LogP contribution in [0.1, 0.15) is 24.6 Å². The van der Waals surface area contributed by atoms with E-state index < -0.39 is 0 Å². The van der Waals surface area contributed by atoms with Crippen molar-refractivity contribution < 1.29 is 0 Å². The first-order valence-electron chi connectivity index (χ1n) is 5.69. The van der Waals surface area contributed by atoms with Crippen molar-refractivity contribution in [3.8, 4) is 5.69 Å². The van der Waals surface area contributed by atoms with Crippen molar-refractivity contribution in [1.82, 2.24) is 9.78 Å². The summed E-state index contributed by atoms with van der Waals surface area (Å²) >= 11 is 6.05. The Labute approximate surface area is 105 Å². The minimum Gasteiger partial charge on any atom is -0.295 e. The summed E-state index contributed by atoms with van der Waals surface area (Å²) in [5.41, 5.74) is 2.68.